The van der Waals surface area contributed by atoms with E-state index >= 15 is 0 Å². The average Bonchev–Trinajstić information content (AvgIpc) is 3.11. The highest BCUT2D eigenvalue weighted by molar-refractivity contribution is 6.21. The second kappa shape index (κ2) is 6.27. The zero-order valence-corrected chi connectivity index (χ0v) is 12.7. The van der Waals surface area contributed by atoms with Crippen molar-refractivity contribution < 1.29 is 14.3 Å². The summed E-state index contributed by atoms with van der Waals surface area (Å²) in [6.45, 7) is 0.876. The summed E-state index contributed by atoms with van der Waals surface area (Å²) in [5.74, 6) is -0.568. The Labute approximate surface area is 132 Å². The second-order valence-corrected chi connectivity index (χ2v) is 5.25. The highest BCUT2D eigenvalue weighted by Crippen LogP contribution is 2.22. The number of benzene rings is 1. The molecular formula is C15H17N5O3. The standard InChI is InChI=1S/C15H17N5O3/c1-23-9-12(16)13-8-17-18-20(13)7-6-19-14(21)10-4-2-3-5-11(10)15(19)22/h2-5,8,12H,6-7,9,16H2,1H3/t12-/m0/s1. The zero-order valence-electron chi connectivity index (χ0n) is 12.7. The first-order valence-corrected chi connectivity index (χ1v) is 7.21. The molecule has 0 bridgehead atoms. The van der Waals surface area contributed by atoms with Crippen molar-refractivity contribution in [3.05, 3.63) is 47.3 Å². The van der Waals surface area contributed by atoms with E-state index in [9.17, 15) is 9.59 Å². The number of amides is 2. The molecule has 2 aromatic rings. The SMILES string of the molecule is COC[C@H](N)c1cnnn1CCN1C(=O)c2ccccc2C1=O. The van der Waals surface area contributed by atoms with Gasteiger partial charge in [0.05, 0.1) is 42.2 Å². The van der Waals surface area contributed by atoms with Gasteiger partial charge in [-0.05, 0) is 12.1 Å². The number of hydrogen-bond donors (Lipinski definition) is 1. The van der Waals surface area contributed by atoms with Gasteiger partial charge in [-0.3, -0.25) is 14.5 Å². The van der Waals surface area contributed by atoms with Crippen LogP contribution in [0.1, 0.15) is 32.5 Å². The summed E-state index contributed by atoms with van der Waals surface area (Å²) in [4.78, 5) is 25.8. The number of nitrogens with zero attached hydrogens (tertiary/aromatic N) is 4. The molecular weight excluding hydrogens is 298 g/mol. The van der Waals surface area contributed by atoms with E-state index in [1.165, 1.54) is 4.90 Å². The Morgan fingerprint density at radius 1 is 1.17 bits per heavy atom. The number of aromatic nitrogens is 3. The Morgan fingerprint density at radius 3 is 2.43 bits per heavy atom. The number of rotatable bonds is 6. The molecule has 2 heterocycles. The van der Waals surface area contributed by atoms with E-state index in [1.807, 2.05) is 0 Å². The lowest BCUT2D eigenvalue weighted by atomic mass is 10.1. The third-order valence-corrected chi connectivity index (χ3v) is 3.79. The van der Waals surface area contributed by atoms with Gasteiger partial charge in [0.25, 0.3) is 11.8 Å². The first kappa shape index (κ1) is 15.3. The highest BCUT2D eigenvalue weighted by Gasteiger charge is 2.34. The van der Waals surface area contributed by atoms with Crippen molar-refractivity contribution in [3.63, 3.8) is 0 Å². The number of nitrogens with two attached hydrogens (primary N) is 1. The number of carbonyl (C=O) groups excluding carboxylic acids is 2. The minimum Gasteiger partial charge on any atom is -0.383 e. The van der Waals surface area contributed by atoms with Crippen LogP contribution in [-0.2, 0) is 11.3 Å². The number of imide groups is 1. The number of hydrogen-bond acceptors (Lipinski definition) is 6. The van der Waals surface area contributed by atoms with E-state index in [0.717, 1.165) is 0 Å². The molecule has 3 rings (SSSR count). The third-order valence-electron chi connectivity index (χ3n) is 3.79. The Balaban J connectivity index is 1.72. The van der Waals surface area contributed by atoms with Gasteiger partial charge in [0.15, 0.2) is 0 Å². The minimum absolute atomic E-state index is 0.211. The summed E-state index contributed by atoms with van der Waals surface area (Å²) in [5, 5.41) is 7.80. The van der Waals surface area contributed by atoms with Gasteiger partial charge >= 0.3 is 0 Å². The molecule has 8 nitrogen and oxygen atoms in total. The summed E-state index contributed by atoms with van der Waals surface area (Å²) in [7, 11) is 1.56. The zero-order chi connectivity index (χ0) is 16.4. The molecule has 0 saturated carbocycles. The molecule has 0 fully saturated rings. The summed E-state index contributed by atoms with van der Waals surface area (Å²) >= 11 is 0. The van der Waals surface area contributed by atoms with Gasteiger partial charge in [-0.25, -0.2) is 4.68 Å². The van der Waals surface area contributed by atoms with Crippen molar-refractivity contribution in [1.82, 2.24) is 19.9 Å². The predicted molar refractivity (Wildman–Crippen MR) is 80.6 cm³/mol. The molecule has 2 N–H and O–H groups in total. The van der Waals surface area contributed by atoms with Crippen molar-refractivity contribution in [2.45, 2.75) is 12.6 Å². The molecule has 0 saturated heterocycles. The molecule has 1 aromatic heterocycles. The summed E-state index contributed by atoms with van der Waals surface area (Å²) in [6.07, 6.45) is 1.56. The summed E-state index contributed by atoms with van der Waals surface area (Å²) in [5.41, 5.74) is 7.56. The van der Waals surface area contributed by atoms with Gasteiger partial charge < -0.3 is 10.5 Å². The maximum absolute atomic E-state index is 12.3. The van der Waals surface area contributed by atoms with E-state index in [-0.39, 0.29) is 24.4 Å². The van der Waals surface area contributed by atoms with Crippen molar-refractivity contribution in [1.29, 1.82) is 0 Å². The summed E-state index contributed by atoms with van der Waals surface area (Å²) in [6, 6.07) is 6.44. The molecule has 1 atom stereocenters. The van der Waals surface area contributed by atoms with E-state index in [4.69, 9.17) is 10.5 Å². The van der Waals surface area contributed by atoms with Gasteiger partial charge in [0.2, 0.25) is 0 Å². The van der Waals surface area contributed by atoms with Crippen LogP contribution in [-0.4, -0.2) is 52.0 Å². The average molecular weight is 315 g/mol. The van der Waals surface area contributed by atoms with E-state index < -0.39 is 0 Å². The molecule has 0 radical (unpaired) electrons. The Morgan fingerprint density at radius 2 is 1.83 bits per heavy atom. The molecule has 0 aliphatic carbocycles. The monoisotopic (exact) mass is 315 g/mol. The Hall–Kier alpha value is -2.58. The van der Waals surface area contributed by atoms with Gasteiger partial charge in [-0.2, -0.15) is 0 Å². The highest BCUT2D eigenvalue weighted by atomic mass is 16.5. The van der Waals surface area contributed by atoms with Crippen LogP contribution < -0.4 is 5.73 Å². The molecule has 1 aliphatic rings. The van der Waals surface area contributed by atoms with Crippen LogP contribution in [0.5, 0.6) is 0 Å². The van der Waals surface area contributed by atoms with E-state index in [1.54, 1.807) is 42.3 Å². The number of methoxy groups -OCH3 is 1. The fourth-order valence-corrected chi connectivity index (χ4v) is 2.63. The van der Waals surface area contributed by atoms with E-state index in [0.29, 0.717) is 30.0 Å². The van der Waals surface area contributed by atoms with Crippen LogP contribution in [0, 0.1) is 0 Å². The molecule has 1 aromatic carbocycles. The van der Waals surface area contributed by atoms with Crippen LogP contribution in [0.15, 0.2) is 30.5 Å². The van der Waals surface area contributed by atoms with Crippen molar-refractivity contribution in [2.75, 3.05) is 20.3 Å². The maximum Gasteiger partial charge on any atom is 0.261 e. The third kappa shape index (κ3) is 2.73. The quantitative estimate of drug-likeness (QED) is 0.765. The topological polar surface area (TPSA) is 103 Å². The normalized spacial score (nSPS) is 15.1. The van der Waals surface area contributed by atoms with Gasteiger partial charge in [-0.1, -0.05) is 17.3 Å². The first-order valence-electron chi connectivity index (χ1n) is 7.21. The van der Waals surface area contributed by atoms with Crippen LogP contribution in [0.2, 0.25) is 0 Å². The fourth-order valence-electron chi connectivity index (χ4n) is 2.63. The van der Waals surface area contributed by atoms with Gasteiger partial charge in [0, 0.05) is 13.7 Å². The predicted octanol–water partition coefficient (Wildman–Crippen LogP) is 0.221. The molecule has 120 valence electrons. The van der Waals surface area contributed by atoms with Crippen LogP contribution in [0.3, 0.4) is 0 Å². The molecule has 0 spiro atoms. The smallest absolute Gasteiger partial charge is 0.261 e. The Kier molecular flexibility index (Phi) is 4.18. The second-order valence-electron chi connectivity index (χ2n) is 5.25. The largest absolute Gasteiger partial charge is 0.383 e. The molecule has 8 heteroatoms. The van der Waals surface area contributed by atoms with Gasteiger partial charge in [-0.15, -0.1) is 5.10 Å². The maximum atomic E-state index is 12.3. The lowest BCUT2D eigenvalue weighted by molar-refractivity contribution is 0.0646. The lowest BCUT2D eigenvalue weighted by Crippen LogP contribution is -2.34. The van der Waals surface area contributed by atoms with Crippen LogP contribution in [0.4, 0.5) is 0 Å². The first-order chi connectivity index (χ1) is 11.1. The van der Waals surface area contributed by atoms with Gasteiger partial charge in [0.1, 0.15) is 0 Å². The van der Waals surface area contributed by atoms with Crippen molar-refractivity contribution in [3.8, 4) is 0 Å². The number of carbonyl (C=O) groups is 2. The molecule has 0 unspecified atom stereocenters. The van der Waals surface area contributed by atoms with Crippen molar-refractivity contribution >= 4 is 11.8 Å². The van der Waals surface area contributed by atoms with E-state index in [2.05, 4.69) is 10.3 Å². The Bertz CT molecular complexity index is 707. The van der Waals surface area contributed by atoms with Crippen LogP contribution >= 0.6 is 0 Å². The van der Waals surface area contributed by atoms with Crippen molar-refractivity contribution in [2.24, 2.45) is 5.73 Å². The minimum atomic E-state index is -0.364. The van der Waals surface area contributed by atoms with Crippen LogP contribution in [0.25, 0.3) is 0 Å². The lowest BCUT2D eigenvalue weighted by Gasteiger charge is -2.16. The molecule has 1 aliphatic heterocycles. The molecule has 23 heavy (non-hydrogen) atoms. The molecule has 2 amide bonds. The fraction of sp³-hybridized carbons (Fsp3) is 0.333. The summed E-state index contributed by atoms with van der Waals surface area (Å²) < 4.78 is 6.61. The number of ether oxygens (including phenoxy) is 1. The number of fused-ring (bicyclic) bond motifs is 1.